The first-order chi connectivity index (χ1) is 12.7. The van der Waals surface area contributed by atoms with E-state index in [1.165, 1.54) is 19.3 Å². The Labute approximate surface area is 169 Å². The van der Waals surface area contributed by atoms with Crippen molar-refractivity contribution in [2.45, 2.75) is 51.0 Å². The van der Waals surface area contributed by atoms with Gasteiger partial charge in [0.15, 0.2) is 0 Å². The Bertz CT molecular complexity index is 579. The number of benzene rings is 1. The third kappa shape index (κ3) is 6.37. The first kappa shape index (κ1) is 22.0. The molecule has 0 unspecified atom stereocenters. The van der Waals surface area contributed by atoms with Crippen LogP contribution in [-0.2, 0) is 4.74 Å². The molecular formula is C21H33ClN2O3. The van der Waals surface area contributed by atoms with Crippen molar-refractivity contribution in [3.05, 3.63) is 29.8 Å². The fraction of sp³-hybridized carbons (Fsp3) is 0.667. The highest BCUT2D eigenvalue weighted by atomic mass is 35.5. The average Bonchev–Trinajstić information content (AvgIpc) is 2.68. The van der Waals surface area contributed by atoms with E-state index >= 15 is 0 Å². The zero-order chi connectivity index (χ0) is 18.2. The quantitative estimate of drug-likeness (QED) is 0.739. The van der Waals surface area contributed by atoms with E-state index in [1.807, 2.05) is 24.3 Å². The second-order valence-corrected chi connectivity index (χ2v) is 7.77. The second kappa shape index (κ2) is 10.9. The normalized spacial score (nSPS) is 19.7. The Balaban J connectivity index is 0.00000261. The fourth-order valence-electron chi connectivity index (χ4n) is 4.09. The minimum absolute atomic E-state index is 0. The van der Waals surface area contributed by atoms with Crippen LogP contribution < -0.4 is 15.4 Å². The summed E-state index contributed by atoms with van der Waals surface area (Å²) in [5.74, 6) is 0.770. The Kier molecular flexibility index (Phi) is 8.87. The molecule has 1 aliphatic carbocycles. The van der Waals surface area contributed by atoms with Gasteiger partial charge in [-0.2, -0.15) is 0 Å². The number of halogens is 1. The largest absolute Gasteiger partial charge is 0.490 e. The number of methoxy groups -OCH3 is 1. The van der Waals surface area contributed by atoms with Gasteiger partial charge in [-0.1, -0.05) is 12.5 Å². The molecule has 1 saturated heterocycles. The van der Waals surface area contributed by atoms with E-state index in [-0.39, 0.29) is 23.7 Å². The highest BCUT2D eigenvalue weighted by Crippen LogP contribution is 2.28. The minimum Gasteiger partial charge on any atom is -0.490 e. The topological polar surface area (TPSA) is 59.6 Å². The number of amides is 1. The molecule has 2 fully saturated rings. The van der Waals surface area contributed by atoms with Gasteiger partial charge in [-0.25, -0.2) is 0 Å². The number of ether oxygens (including phenoxy) is 2. The molecule has 1 heterocycles. The average molecular weight is 397 g/mol. The van der Waals surface area contributed by atoms with E-state index in [9.17, 15) is 4.79 Å². The zero-order valence-corrected chi connectivity index (χ0v) is 17.1. The van der Waals surface area contributed by atoms with Crippen LogP contribution in [0.2, 0.25) is 0 Å². The Morgan fingerprint density at radius 1 is 1.22 bits per heavy atom. The maximum absolute atomic E-state index is 12.7. The number of carbonyl (C=O) groups excluding carboxylic acids is 1. The zero-order valence-electron chi connectivity index (χ0n) is 16.3. The first-order valence-electron chi connectivity index (χ1n) is 9.95. The molecule has 0 bridgehead atoms. The SMILES string of the molecule is COCC1(CNC(=O)c2cccc(OC3CCCCC3)c2)CCNCC1.Cl. The van der Waals surface area contributed by atoms with Crippen LogP contribution in [0.3, 0.4) is 0 Å². The standard InChI is InChI=1S/C21H32N2O3.ClH/c1-25-16-21(10-12-22-13-11-21)15-23-20(24)17-6-5-9-19(14-17)26-18-7-3-2-4-8-18;/h5-6,9,14,18,22H,2-4,7-8,10-13,15-16H2,1H3,(H,23,24);1H. The van der Waals surface area contributed by atoms with E-state index in [0.717, 1.165) is 44.5 Å². The lowest BCUT2D eigenvalue weighted by Crippen LogP contribution is -2.47. The van der Waals surface area contributed by atoms with Crippen molar-refractivity contribution in [3.8, 4) is 5.75 Å². The van der Waals surface area contributed by atoms with Crippen LogP contribution in [0.1, 0.15) is 55.3 Å². The number of carbonyl (C=O) groups is 1. The lowest BCUT2D eigenvalue weighted by molar-refractivity contribution is 0.0511. The van der Waals surface area contributed by atoms with E-state index in [4.69, 9.17) is 9.47 Å². The molecule has 1 amide bonds. The molecule has 1 aromatic carbocycles. The molecule has 1 saturated carbocycles. The van der Waals surface area contributed by atoms with Gasteiger partial charge in [-0.3, -0.25) is 4.79 Å². The van der Waals surface area contributed by atoms with Gasteiger partial charge >= 0.3 is 0 Å². The molecule has 152 valence electrons. The third-order valence-corrected chi connectivity index (χ3v) is 5.69. The molecule has 2 aliphatic rings. The predicted octanol–water partition coefficient (Wildman–Crippen LogP) is 3.57. The van der Waals surface area contributed by atoms with Crippen molar-refractivity contribution >= 4 is 18.3 Å². The Hall–Kier alpha value is -1.30. The highest BCUT2D eigenvalue weighted by molar-refractivity contribution is 5.94. The van der Waals surface area contributed by atoms with E-state index in [0.29, 0.717) is 24.8 Å². The van der Waals surface area contributed by atoms with Crippen LogP contribution >= 0.6 is 12.4 Å². The van der Waals surface area contributed by atoms with Crippen LogP contribution in [0.25, 0.3) is 0 Å². The maximum Gasteiger partial charge on any atom is 0.251 e. The van der Waals surface area contributed by atoms with Gasteiger partial charge in [0.2, 0.25) is 0 Å². The maximum atomic E-state index is 12.7. The lowest BCUT2D eigenvalue weighted by Gasteiger charge is -2.37. The van der Waals surface area contributed by atoms with Crippen molar-refractivity contribution in [2.24, 2.45) is 5.41 Å². The number of piperidine rings is 1. The fourth-order valence-corrected chi connectivity index (χ4v) is 4.09. The molecule has 0 radical (unpaired) electrons. The molecule has 2 N–H and O–H groups in total. The van der Waals surface area contributed by atoms with Gasteiger partial charge in [0.1, 0.15) is 5.75 Å². The monoisotopic (exact) mass is 396 g/mol. The summed E-state index contributed by atoms with van der Waals surface area (Å²) in [4.78, 5) is 12.7. The molecule has 27 heavy (non-hydrogen) atoms. The summed E-state index contributed by atoms with van der Waals surface area (Å²) < 4.78 is 11.5. The van der Waals surface area contributed by atoms with Gasteiger partial charge in [0.25, 0.3) is 5.91 Å². The van der Waals surface area contributed by atoms with Crippen LogP contribution in [0.15, 0.2) is 24.3 Å². The third-order valence-electron chi connectivity index (χ3n) is 5.69. The van der Waals surface area contributed by atoms with Crippen molar-refractivity contribution < 1.29 is 14.3 Å². The molecule has 1 aliphatic heterocycles. The summed E-state index contributed by atoms with van der Waals surface area (Å²) in [5, 5.41) is 6.50. The van der Waals surface area contributed by atoms with Gasteiger partial charge in [-0.15, -0.1) is 12.4 Å². The smallest absolute Gasteiger partial charge is 0.251 e. The summed E-state index contributed by atoms with van der Waals surface area (Å²) in [6, 6.07) is 7.58. The van der Waals surface area contributed by atoms with Crippen molar-refractivity contribution in [3.63, 3.8) is 0 Å². The molecule has 3 rings (SSSR count). The lowest BCUT2D eigenvalue weighted by atomic mass is 9.79. The molecule has 5 nitrogen and oxygen atoms in total. The highest BCUT2D eigenvalue weighted by Gasteiger charge is 2.32. The number of rotatable bonds is 7. The van der Waals surface area contributed by atoms with E-state index in [1.54, 1.807) is 7.11 Å². The van der Waals surface area contributed by atoms with Crippen molar-refractivity contribution in [1.29, 1.82) is 0 Å². The van der Waals surface area contributed by atoms with Crippen LogP contribution in [-0.4, -0.2) is 45.4 Å². The number of nitrogens with one attached hydrogen (secondary N) is 2. The summed E-state index contributed by atoms with van der Waals surface area (Å²) in [6.07, 6.45) is 8.34. The Morgan fingerprint density at radius 2 is 1.96 bits per heavy atom. The molecular weight excluding hydrogens is 364 g/mol. The summed E-state index contributed by atoms with van der Waals surface area (Å²) in [7, 11) is 1.73. The summed E-state index contributed by atoms with van der Waals surface area (Å²) >= 11 is 0. The van der Waals surface area contributed by atoms with Crippen molar-refractivity contribution in [1.82, 2.24) is 10.6 Å². The Morgan fingerprint density at radius 3 is 2.67 bits per heavy atom. The minimum atomic E-state index is -0.0342. The molecule has 0 spiro atoms. The second-order valence-electron chi connectivity index (χ2n) is 7.77. The predicted molar refractivity (Wildman–Crippen MR) is 110 cm³/mol. The van der Waals surface area contributed by atoms with Crippen LogP contribution in [0, 0.1) is 5.41 Å². The number of hydrogen-bond donors (Lipinski definition) is 2. The molecule has 0 aromatic heterocycles. The van der Waals surface area contributed by atoms with Gasteiger partial charge < -0.3 is 20.1 Å². The van der Waals surface area contributed by atoms with Crippen LogP contribution in [0.5, 0.6) is 5.75 Å². The van der Waals surface area contributed by atoms with Crippen LogP contribution in [0.4, 0.5) is 0 Å². The summed E-state index contributed by atoms with van der Waals surface area (Å²) in [6.45, 7) is 3.28. The van der Waals surface area contributed by atoms with Gasteiger partial charge in [0, 0.05) is 24.6 Å². The van der Waals surface area contributed by atoms with E-state index < -0.39 is 0 Å². The first-order valence-corrected chi connectivity index (χ1v) is 9.95. The molecule has 1 aromatic rings. The number of hydrogen-bond acceptors (Lipinski definition) is 4. The molecule has 0 atom stereocenters. The van der Waals surface area contributed by atoms with Crippen molar-refractivity contribution in [2.75, 3.05) is 33.4 Å². The molecule has 6 heteroatoms. The van der Waals surface area contributed by atoms with Gasteiger partial charge in [-0.05, 0) is 69.8 Å². The van der Waals surface area contributed by atoms with E-state index in [2.05, 4.69) is 10.6 Å². The van der Waals surface area contributed by atoms with Gasteiger partial charge in [0.05, 0.1) is 12.7 Å². The summed E-state index contributed by atoms with van der Waals surface area (Å²) in [5.41, 5.74) is 0.700.